The van der Waals surface area contributed by atoms with Crippen LogP contribution in [-0.4, -0.2) is 51.9 Å². The van der Waals surface area contributed by atoms with Crippen LogP contribution < -0.4 is 10.6 Å². The van der Waals surface area contributed by atoms with Gasteiger partial charge in [0.2, 0.25) is 5.91 Å². The Bertz CT molecular complexity index is 606. The molecular formula is C15H18N6O. The number of aromatic nitrogens is 3. The molecule has 114 valence electrons. The van der Waals surface area contributed by atoms with E-state index in [1.807, 2.05) is 18.2 Å². The highest BCUT2D eigenvalue weighted by atomic mass is 16.2. The normalized spacial score (nSPS) is 18.8. The molecule has 3 heterocycles. The Balaban J connectivity index is 1.65. The number of piperazine rings is 1. The second-order valence-electron chi connectivity index (χ2n) is 5.09. The van der Waals surface area contributed by atoms with Crippen molar-refractivity contribution in [3.05, 3.63) is 48.7 Å². The van der Waals surface area contributed by atoms with Crippen LogP contribution >= 0.6 is 0 Å². The SMILES string of the molecule is O=C(CN1CCNCC1c1ccncn1)Nc1ccccn1. The summed E-state index contributed by atoms with van der Waals surface area (Å²) in [6, 6.07) is 7.40. The summed E-state index contributed by atoms with van der Waals surface area (Å²) in [7, 11) is 0. The molecule has 7 nitrogen and oxygen atoms in total. The molecule has 2 aromatic rings. The Morgan fingerprint density at radius 2 is 2.27 bits per heavy atom. The van der Waals surface area contributed by atoms with Crippen molar-refractivity contribution in [2.45, 2.75) is 6.04 Å². The van der Waals surface area contributed by atoms with E-state index >= 15 is 0 Å². The van der Waals surface area contributed by atoms with Gasteiger partial charge >= 0.3 is 0 Å². The second-order valence-corrected chi connectivity index (χ2v) is 5.09. The van der Waals surface area contributed by atoms with E-state index in [-0.39, 0.29) is 11.9 Å². The number of rotatable bonds is 4. The minimum atomic E-state index is -0.0698. The molecule has 1 atom stereocenters. The van der Waals surface area contributed by atoms with Gasteiger partial charge in [-0.15, -0.1) is 0 Å². The van der Waals surface area contributed by atoms with E-state index in [2.05, 4.69) is 30.5 Å². The summed E-state index contributed by atoms with van der Waals surface area (Å²) in [6.45, 7) is 2.74. The fraction of sp³-hybridized carbons (Fsp3) is 0.333. The van der Waals surface area contributed by atoms with Crippen molar-refractivity contribution >= 4 is 11.7 Å². The maximum absolute atomic E-state index is 12.2. The first-order valence-electron chi connectivity index (χ1n) is 7.24. The molecule has 1 fully saturated rings. The first kappa shape index (κ1) is 14.6. The molecule has 0 saturated carbocycles. The molecule has 0 radical (unpaired) electrons. The van der Waals surface area contributed by atoms with Crippen molar-refractivity contribution in [2.75, 3.05) is 31.5 Å². The van der Waals surface area contributed by atoms with E-state index in [9.17, 15) is 4.79 Å². The third-order valence-electron chi connectivity index (χ3n) is 3.58. The molecule has 7 heteroatoms. The van der Waals surface area contributed by atoms with Crippen LogP contribution in [0.5, 0.6) is 0 Å². The van der Waals surface area contributed by atoms with Crippen molar-refractivity contribution in [3.8, 4) is 0 Å². The van der Waals surface area contributed by atoms with Gasteiger partial charge in [-0.25, -0.2) is 15.0 Å². The Morgan fingerprint density at radius 1 is 1.32 bits per heavy atom. The van der Waals surface area contributed by atoms with E-state index in [0.29, 0.717) is 12.4 Å². The monoisotopic (exact) mass is 298 g/mol. The van der Waals surface area contributed by atoms with Crippen LogP contribution in [0.15, 0.2) is 43.0 Å². The lowest BCUT2D eigenvalue weighted by atomic mass is 10.1. The third-order valence-corrected chi connectivity index (χ3v) is 3.58. The molecule has 1 saturated heterocycles. The summed E-state index contributed by atoms with van der Waals surface area (Å²) >= 11 is 0. The van der Waals surface area contributed by atoms with Crippen LogP contribution in [0.1, 0.15) is 11.7 Å². The molecule has 2 aromatic heterocycles. The second kappa shape index (κ2) is 7.06. The molecule has 1 amide bonds. The van der Waals surface area contributed by atoms with Crippen molar-refractivity contribution in [2.24, 2.45) is 0 Å². The van der Waals surface area contributed by atoms with E-state index < -0.39 is 0 Å². The topological polar surface area (TPSA) is 83.0 Å². The first-order valence-corrected chi connectivity index (χ1v) is 7.24. The van der Waals surface area contributed by atoms with Crippen LogP contribution in [0.3, 0.4) is 0 Å². The minimum absolute atomic E-state index is 0.0698. The molecule has 1 aliphatic heterocycles. The Kier molecular flexibility index (Phi) is 4.67. The van der Waals surface area contributed by atoms with E-state index in [1.54, 1.807) is 18.5 Å². The predicted octanol–water partition coefficient (Wildman–Crippen LogP) is 0.457. The number of pyridine rings is 1. The molecule has 1 unspecified atom stereocenters. The van der Waals surface area contributed by atoms with Gasteiger partial charge in [0, 0.05) is 32.0 Å². The number of hydrogen-bond donors (Lipinski definition) is 2. The molecule has 0 aromatic carbocycles. The Hall–Kier alpha value is -2.38. The van der Waals surface area contributed by atoms with E-state index in [4.69, 9.17) is 0 Å². The molecule has 2 N–H and O–H groups in total. The van der Waals surface area contributed by atoms with E-state index in [1.165, 1.54) is 6.33 Å². The summed E-state index contributed by atoms with van der Waals surface area (Å²) in [5.74, 6) is 0.501. The van der Waals surface area contributed by atoms with Crippen LogP contribution in [0.2, 0.25) is 0 Å². The quantitative estimate of drug-likeness (QED) is 0.853. The van der Waals surface area contributed by atoms with Gasteiger partial charge in [-0.05, 0) is 18.2 Å². The maximum atomic E-state index is 12.2. The van der Waals surface area contributed by atoms with E-state index in [0.717, 1.165) is 25.3 Å². The summed E-state index contributed by atoms with van der Waals surface area (Å²) in [5, 5.41) is 6.16. The Labute approximate surface area is 128 Å². The fourth-order valence-corrected chi connectivity index (χ4v) is 2.53. The smallest absolute Gasteiger partial charge is 0.239 e. The summed E-state index contributed by atoms with van der Waals surface area (Å²) in [6.07, 6.45) is 4.92. The van der Waals surface area contributed by atoms with Crippen molar-refractivity contribution < 1.29 is 4.79 Å². The number of carbonyl (C=O) groups excluding carboxylic acids is 1. The number of nitrogens with zero attached hydrogens (tertiary/aromatic N) is 4. The van der Waals surface area contributed by atoms with Crippen LogP contribution in [0, 0.1) is 0 Å². The van der Waals surface area contributed by atoms with Gasteiger partial charge < -0.3 is 10.6 Å². The molecular weight excluding hydrogens is 280 g/mol. The lowest BCUT2D eigenvalue weighted by Gasteiger charge is -2.35. The van der Waals surface area contributed by atoms with Gasteiger partial charge in [0.15, 0.2) is 0 Å². The number of carbonyl (C=O) groups is 1. The molecule has 22 heavy (non-hydrogen) atoms. The number of hydrogen-bond acceptors (Lipinski definition) is 6. The summed E-state index contributed by atoms with van der Waals surface area (Å²) in [4.78, 5) is 26.7. The van der Waals surface area contributed by atoms with Gasteiger partial charge in [-0.1, -0.05) is 6.07 Å². The highest BCUT2D eigenvalue weighted by Gasteiger charge is 2.26. The van der Waals surface area contributed by atoms with Gasteiger partial charge in [0.1, 0.15) is 12.1 Å². The average Bonchev–Trinajstić information content (AvgIpc) is 2.57. The summed E-state index contributed by atoms with van der Waals surface area (Å²) in [5.41, 5.74) is 0.924. The Morgan fingerprint density at radius 3 is 3.05 bits per heavy atom. The number of nitrogens with one attached hydrogen (secondary N) is 2. The van der Waals surface area contributed by atoms with Gasteiger partial charge in [0.25, 0.3) is 0 Å². The first-order chi connectivity index (χ1) is 10.8. The molecule has 0 aliphatic carbocycles. The highest BCUT2D eigenvalue weighted by molar-refractivity contribution is 5.91. The number of anilines is 1. The number of amides is 1. The zero-order valence-corrected chi connectivity index (χ0v) is 12.1. The molecule has 0 spiro atoms. The minimum Gasteiger partial charge on any atom is -0.313 e. The van der Waals surface area contributed by atoms with Crippen LogP contribution in [-0.2, 0) is 4.79 Å². The lowest BCUT2D eigenvalue weighted by molar-refractivity contribution is -0.118. The predicted molar refractivity (Wildman–Crippen MR) is 82.1 cm³/mol. The van der Waals surface area contributed by atoms with Crippen molar-refractivity contribution in [1.29, 1.82) is 0 Å². The van der Waals surface area contributed by atoms with Gasteiger partial charge in [-0.3, -0.25) is 9.69 Å². The van der Waals surface area contributed by atoms with Gasteiger partial charge in [0.05, 0.1) is 18.3 Å². The average molecular weight is 298 g/mol. The largest absolute Gasteiger partial charge is 0.313 e. The zero-order valence-electron chi connectivity index (χ0n) is 12.1. The van der Waals surface area contributed by atoms with Crippen LogP contribution in [0.4, 0.5) is 5.82 Å². The van der Waals surface area contributed by atoms with Crippen molar-refractivity contribution in [3.63, 3.8) is 0 Å². The molecule has 0 bridgehead atoms. The highest BCUT2D eigenvalue weighted by Crippen LogP contribution is 2.19. The van der Waals surface area contributed by atoms with Crippen molar-refractivity contribution in [1.82, 2.24) is 25.2 Å². The maximum Gasteiger partial charge on any atom is 0.239 e. The third kappa shape index (κ3) is 3.63. The lowest BCUT2D eigenvalue weighted by Crippen LogP contribution is -2.48. The van der Waals surface area contributed by atoms with Gasteiger partial charge in [-0.2, -0.15) is 0 Å². The molecule has 3 rings (SSSR count). The standard InChI is InChI=1S/C15H18N6O/c22-15(20-14-3-1-2-5-18-14)10-21-8-7-16-9-13(21)12-4-6-17-11-19-12/h1-6,11,13,16H,7-10H2,(H,18,20,22). The molecule has 1 aliphatic rings. The summed E-state index contributed by atoms with van der Waals surface area (Å²) < 4.78 is 0. The zero-order chi connectivity index (χ0) is 15.2. The fourth-order valence-electron chi connectivity index (χ4n) is 2.53. The van der Waals surface area contributed by atoms with Crippen LogP contribution in [0.25, 0.3) is 0 Å².